The monoisotopic (exact) mass is 526 g/mol. The molecule has 7 heteroatoms. The van der Waals surface area contributed by atoms with Crippen LogP contribution in [0.4, 0.5) is 0 Å². The number of hydrogen-bond acceptors (Lipinski definition) is 5. The van der Waals surface area contributed by atoms with Crippen molar-refractivity contribution in [1.29, 1.82) is 0 Å². The zero-order valence-corrected chi connectivity index (χ0v) is 23.9. The van der Waals surface area contributed by atoms with E-state index in [9.17, 15) is 9.90 Å². The summed E-state index contributed by atoms with van der Waals surface area (Å²) in [5.74, 6) is 0.352. The van der Waals surface area contributed by atoms with Gasteiger partial charge in [-0.05, 0) is 53.6 Å². The summed E-state index contributed by atoms with van der Waals surface area (Å²) in [6.45, 7) is 8.35. The smallest absolute Gasteiger partial charge is 0.116 e. The molecule has 0 amide bonds. The van der Waals surface area contributed by atoms with Gasteiger partial charge in [-0.3, -0.25) is 0 Å². The number of carbonyl (C=O) groups is 1. The lowest BCUT2D eigenvalue weighted by Gasteiger charge is -2.37. The molecule has 0 N–H and O–H groups in total. The highest BCUT2D eigenvalue weighted by Gasteiger charge is 2.35. The van der Waals surface area contributed by atoms with E-state index in [-0.39, 0.29) is 0 Å². The molecule has 0 unspecified atom stereocenters. The molecule has 1 atom stereocenters. The minimum Gasteiger partial charge on any atom is -0.550 e. The molecule has 0 bridgehead atoms. The van der Waals surface area contributed by atoms with E-state index in [1.165, 1.54) is 49.7 Å². The van der Waals surface area contributed by atoms with Gasteiger partial charge >= 0.3 is 0 Å². The molecule has 2 heterocycles. The number of hydrogen-bond donors (Lipinski definition) is 0. The molecule has 1 fully saturated rings. The van der Waals surface area contributed by atoms with Gasteiger partial charge in [0.05, 0.1) is 5.52 Å². The average molecular weight is 527 g/mol. The summed E-state index contributed by atoms with van der Waals surface area (Å²) in [5, 5.41) is 21.0. The van der Waals surface area contributed by atoms with Crippen LogP contribution in [0.2, 0.25) is 0 Å². The fourth-order valence-electron chi connectivity index (χ4n) is 6.39. The second-order valence-corrected chi connectivity index (χ2v) is 12.0. The number of benzene rings is 2. The Morgan fingerprint density at radius 2 is 1.85 bits per heavy atom. The SMILES string of the molecule is Cc1ccc([C@@H](c2ccc3c(nnn3C)c2C)C(C)(C)C(=O)[O-])cc1Cn1ccnc1CC1CCCCCC1. The number of imidazole rings is 1. The Morgan fingerprint density at radius 3 is 2.56 bits per heavy atom. The van der Waals surface area contributed by atoms with E-state index in [1.807, 2.05) is 32.3 Å². The van der Waals surface area contributed by atoms with Gasteiger partial charge in [-0.2, -0.15) is 0 Å². The number of carboxylic acid groups (broad SMARTS) is 1. The van der Waals surface area contributed by atoms with E-state index >= 15 is 0 Å². The van der Waals surface area contributed by atoms with Gasteiger partial charge in [0.2, 0.25) is 0 Å². The van der Waals surface area contributed by atoms with Crippen molar-refractivity contribution in [2.75, 3.05) is 0 Å². The van der Waals surface area contributed by atoms with Crippen molar-refractivity contribution in [3.8, 4) is 0 Å². The second kappa shape index (κ2) is 10.9. The number of nitrogens with zero attached hydrogens (tertiary/aromatic N) is 5. The van der Waals surface area contributed by atoms with Gasteiger partial charge < -0.3 is 14.5 Å². The maximum absolute atomic E-state index is 12.5. The van der Waals surface area contributed by atoms with Crippen molar-refractivity contribution >= 4 is 17.0 Å². The Bertz CT molecular complexity index is 1470. The maximum atomic E-state index is 12.5. The molecule has 206 valence electrons. The Balaban J connectivity index is 1.52. The first-order valence-electron chi connectivity index (χ1n) is 14.3. The minimum atomic E-state index is -1.15. The van der Waals surface area contributed by atoms with Crippen LogP contribution in [0.15, 0.2) is 42.7 Å². The fourth-order valence-corrected chi connectivity index (χ4v) is 6.39. The maximum Gasteiger partial charge on any atom is 0.116 e. The summed E-state index contributed by atoms with van der Waals surface area (Å²) in [6.07, 6.45) is 12.9. The molecular formula is C32H40N5O2-. The molecule has 0 radical (unpaired) electrons. The van der Waals surface area contributed by atoms with Crippen LogP contribution < -0.4 is 5.11 Å². The Labute approximate surface area is 231 Å². The van der Waals surface area contributed by atoms with Crippen molar-refractivity contribution in [2.45, 2.75) is 85.1 Å². The lowest BCUT2D eigenvalue weighted by Crippen LogP contribution is -2.42. The molecule has 1 aliphatic rings. The standard InChI is InChI=1S/C32H41N5O2/c1-21-12-13-24(19-25(21)20-37-17-16-33-28(37)18-23-10-8-6-7-9-11-23)29(32(3,4)31(38)39)26-14-15-27-30(22(26)2)34-35-36(27)5/h12-17,19,23,29H,6-11,18,20H2,1-5H3,(H,38,39)/p-1/t29-/m0/s1. The molecule has 1 saturated carbocycles. The van der Waals surface area contributed by atoms with E-state index < -0.39 is 17.3 Å². The van der Waals surface area contributed by atoms with Gasteiger partial charge in [-0.1, -0.05) is 81.9 Å². The van der Waals surface area contributed by atoms with E-state index in [1.54, 1.807) is 18.5 Å². The molecule has 39 heavy (non-hydrogen) atoms. The summed E-state index contributed by atoms with van der Waals surface area (Å²) in [4.78, 5) is 17.2. The van der Waals surface area contributed by atoms with Crippen LogP contribution in [0.3, 0.4) is 0 Å². The van der Waals surface area contributed by atoms with Gasteiger partial charge in [-0.15, -0.1) is 5.10 Å². The van der Waals surface area contributed by atoms with E-state index in [0.29, 0.717) is 12.5 Å². The first kappa shape index (κ1) is 27.1. The van der Waals surface area contributed by atoms with Crippen molar-refractivity contribution in [1.82, 2.24) is 24.5 Å². The van der Waals surface area contributed by atoms with Crippen molar-refractivity contribution in [3.63, 3.8) is 0 Å². The van der Waals surface area contributed by atoms with Crippen molar-refractivity contribution in [3.05, 3.63) is 76.4 Å². The highest BCUT2D eigenvalue weighted by molar-refractivity contribution is 5.81. The van der Waals surface area contributed by atoms with Crippen LogP contribution in [0.25, 0.3) is 11.0 Å². The molecule has 0 saturated heterocycles. The lowest BCUT2D eigenvalue weighted by atomic mass is 9.69. The number of aliphatic carboxylic acids is 1. The summed E-state index contributed by atoms with van der Waals surface area (Å²) in [5.41, 5.74) is 5.76. The molecule has 1 aliphatic carbocycles. The topological polar surface area (TPSA) is 88.7 Å². The quantitative estimate of drug-likeness (QED) is 0.293. The zero-order chi connectivity index (χ0) is 27.7. The Morgan fingerprint density at radius 1 is 1.10 bits per heavy atom. The zero-order valence-electron chi connectivity index (χ0n) is 23.9. The van der Waals surface area contributed by atoms with Crippen LogP contribution in [0, 0.1) is 25.2 Å². The molecule has 4 aromatic rings. The second-order valence-electron chi connectivity index (χ2n) is 12.0. The molecule has 2 aromatic heterocycles. The van der Waals surface area contributed by atoms with Crippen LogP contribution in [0.5, 0.6) is 0 Å². The van der Waals surface area contributed by atoms with Gasteiger partial charge in [0, 0.05) is 49.7 Å². The minimum absolute atomic E-state index is 0.415. The van der Waals surface area contributed by atoms with Crippen molar-refractivity contribution in [2.24, 2.45) is 18.4 Å². The van der Waals surface area contributed by atoms with E-state index in [2.05, 4.69) is 46.2 Å². The number of aromatic nitrogens is 5. The first-order chi connectivity index (χ1) is 18.7. The average Bonchev–Trinajstić information content (AvgIpc) is 3.40. The molecule has 0 aliphatic heterocycles. The molecule has 2 aromatic carbocycles. The van der Waals surface area contributed by atoms with Crippen LogP contribution in [-0.2, 0) is 24.8 Å². The van der Waals surface area contributed by atoms with Gasteiger partial charge in [0.1, 0.15) is 11.3 Å². The van der Waals surface area contributed by atoms with E-state index in [4.69, 9.17) is 4.98 Å². The van der Waals surface area contributed by atoms with Crippen LogP contribution in [-0.4, -0.2) is 30.5 Å². The van der Waals surface area contributed by atoms with Crippen molar-refractivity contribution < 1.29 is 9.90 Å². The summed E-state index contributed by atoms with van der Waals surface area (Å²) >= 11 is 0. The predicted octanol–water partition coefficient (Wildman–Crippen LogP) is 5.25. The third kappa shape index (κ3) is 5.36. The Kier molecular flexibility index (Phi) is 7.61. The van der Waals surface area contributed by atoms with Crippen LogP contribution >= 0.6 is 0 Å². The Hall–Kier alpha value is -3.48. The molecule has 5 rings (SSSR count). The fraction of sp³-hybridized carbons (Fsp3) is 0.500. The summed E-state index contributed by atoms with van der Waals surface area (Å²) in [7, 11) is 1.86. The predicted molar refractivity (Wildman–Crippen MR) is 151 cm³/mol. The number of carbonyl (C=O) groups excluding carboxylic acids is 1. The number of carboxylic acids is 1. The summed E-state index contributed by atoms with van der Waals surface area (Å²) in [6, 6.07) is 10.4. The molecule has 7 nitrogen and oxygen atoms in total. The number of rotatable bonds is 8. The highest BCUT2D eigenvalue weighted by atomic mass is 16.4. The molecule has 0 spiro atoms. The van der Waals surface area contributed by atoms with Gasteiger partial charge in [0.25, 0.3) is 0 Å². The van der Waals surface area contributed by atoms with Gasteiger partial charge in [-0.25, -0.2) is 9.67 Å². The number of aryl methyl sites for hydroxylation is 3. The first-order valence-corrected chi connectivity index (χ1v) is 14.3. The van der Waals surface area contributed by atoms with E-state index in [0.717, 1.165) is 40.0 Å². The summed E-state index contributed by atoms with van der Waals surface area (Å²) < 4.78 is 4.01. The highest BCUT2D eigenvalue weighted by Crippen LogP contribution is 2.43. The third-order valence-corrected chi connectivity index (χ3v) is 8.93. The lowest BCUT2D eigenvalue weighted by molar-refractivity contribution is -0.318. The largest absolute Gasteiger partial charge is 0.550 e. The van der Waals surface area contributed by atoms with Crippen LogP contribution in [0.1, 0.15) is 91.9 Å². The molecular weight excluding hydrogens is 486 g/mol. The normalized spacial score (nSPS) is 15.9. The van der Waals surface area contributed by atoms with Gasteiger partial charge in [0.15, 0.2) is 0 Å². The third-order valence-electron chi connectivity index (χ3n) is 8.93. The number of fused-ring (bicyclic) bond motifs is 1.